The van der Waals surface area contributed by atoms with Gasteiger partial charge in [0.05, 0.1) is 11.3 Å². The molecule has 0 saturated carbocycles. The van der Waals surface area contributed by atoms with Crippen LogP contribution in [0.5, 0.6) is 0 Å². The third-order valence-electron chi connectivity index (χ3n) is 2.44. The number of benzene rings is 1. The van der Waals surface area contributed by atoms with Gasteiger partial charge in [-0.05, 0) is 38.0 Å². The first-order valence-electron chi connectivity index (χ1n) is 5.78. The number of anilines is 1. The molecule has 0 aromatic heterocycles. The van der Waals surface area contributed by atoms with Gasteiger partial charge in [-0.25, -0.2) is 4.39 Å². The fourth-order valence-electron chi connectivity index (χ4n) is 1.52. The SMILES string of the molecule is CC(N)CCCC(=O)Nc1ccc(F)cc1C#N. The lowest BCUT2D eigenvalue weighted by molar-refractivity contribution is -0.116. The van der Waals surface area contributed by atoms with Crippen molar-refractivity contribution in [2.45, 2.75) is 32.2 Å². The van der Waals surface area contributed by atoms with Gasteiger partial charge in [0.1, 0.15) is 11.9 Å². The molecule has 5 heteroatoms. The summed E-state index contributed by atoms with van der Waals surface area (Å²) in [5.74, 6) is -0.694. The lowest BCUT2D eigenvalue weighted by Gasteiger charge is -2.08. The lowest BCUT2D eigenvalue weighted by Crippen LogP contribution is -2.17. The minimum absolute atomic E-state index is 0.0679. The molecule has 0 saturated heterocycles. The summed E-state index contributed by atoms with van der Waals surface area (Å²) >= 11 is 0. The molecule has 1 amide bonds. The molecular formula is C13H16FN3O. The molecule has 0 bridgehead atoms. The maximum atomic E-state index is 12.9. The molecule has 0 aliphatic heterocycles. The molecule has 3 N–H and O–H groups in total. The highest BCUT2D eigenvalue weighted by atomic mass is 19.1. The number of nitriles is 1. The summed E-state index contributed by atoms with van der Waals surface area (Å²) < 4.78 is 12.9. The van der Waals surface area contributed by atoms with Crippen LogP contribution >= 0.6 is 0 Å². The van der Waals surface area contributed by atoms with Gasteiger partial charge in [-0.3, -0.25) is 4.79 Å². The Hall–Kier alpha value is -1.93. The third-order valence-corrected chi connectivity index (χ3v) is 2.44. The van der Waals surface area contributed by atoms with Crippen molar-refractivity contribution < 1.29 is 9.18 Å². The molecule has 0 aliphatic carbocycles. The summed E-state index contributed by atoms with van der Waals surface area (Å²) in [6, 6.07) is 5.60. The van der Waals surface area contributed by atoms with E-state index in [0.717, 1.165) is 12.5 Å². The van der Waals surface area contributed by atoms with Crippen LogP contribution in [0.1, 0.15) is 31.7 Å². The van der Waals surface area contributed by atoms with E-state index < -0.39 is 5.82 Å². The van der Waals surface area contributed by atoms with E-state index >= 15 is 0 Å². The number of rotatable bonds is 5. The highest BCUT2D eigenvalue weighted by Crippen LogP contribution is 2.16. The molecule has 1 atom stereocenters. The zero-order chi connectivity index (χ0) is 13.5. The molecule has 0 aliphatic rings. The van der Waals surface area contributed by atoms with Crippen LogP contribution in [0.2, 0.25) is 0 Å². The predicted octanol–water partition coefficient (Wildman–Crippen LogP) is 2.15. The van der Waals surface area contributed by atoms with Gasteiger partial charge in [0.25, 0.3) is 0 Å². The van der Waals surface area contributed by atoms with Gasteiger partial charge in [0.2, 0.25) is 5.91 Å². The highest BCUT2D eigenvalue weighted by molar-refractivity contribution is 5.92. The second kappa shape index (κ2) is 6.72. The van der Waals surface area contributed by atoms with Crippen molar-refractivity contribution in [3.8, 4) is 6.07 Å². The summed E-state index contributed by atoms with van der Waals surface area (Å²) in [5.41, 5.74) is 6.04. The second-order valence-electron chi connectivity index (χ2n) is 4.22. The molecule has 1 unspecified atom stereocenters. The van der Waals surface area contributed by atoms with Crippen molar-refractivity contribution in [3.05, 3.63) is 29.6 Å². The Morgan fingerprint density at radius 3 is 2.94 bits per heavy atom. The molecule has 96 valence electrons. The topological polar surface area (TPSA) is 78.9 Å². The number of nitrogens with one attached hydrogen (secondary N) is 1. The molecule has 0 radical (unpaired) electrons. The Bertz CT molecular complexity index is 466. The Balaban J connectivity index is 2.57. The summed E-state index contributed by atoms with van der Waals surface area (Å²) in [7, 11) is 0. The molecule has 1 rings (SSSR count). The molecule has 0 heterocycles. The van der Waals surface area contributed by atoms with Gasteiger partial charge in [-0.2, -0.15) is 5.26 Å². The summed E-state index contributed by atoms with van der Waals surface area (Å²) in [6.45, 7) is 1.88. The number of nitrogens with two attached hydrogens (primary N) is 1. The van der Waals surface area contributed by atoms with Crippen molar-refractivity contribution in [3.63, 3.8) is 0 Å². The number of hydrogen-bond acceptors (Lipinski definition) is 3. The molecule has 0 fully saturated rings. The highest BCUT2D eigenvalue weighted by Gasteiger charge is 2.08. The van der Waals surface area contributed by atoms with Crippen LogP contribution in [0.3, 0.4) is 0 Å². The van der Waals surface area contributed by atoms with E-state index in [2.05, 4.69) is 5.32 Å². The Morgan fingerprint density at radius 2 is 2.33 bits per heavy atom. The first kappa shape index (κ1) is 14.1. The summed E-state index contributed by atoms with van der Waals surface area (Å²) in [5, 5.41) is 11.4. The van der Waals surface area contributed by atoms with E-state index in [-0.39, 0.29) is 17.5 Å². The Kier molecular flexibility index (Phi) is 5.28. The van der Waals surface area contributed by atoms with Gasteiger partial charge in [-0.1, -0.05) is 0 Å². The Labute approximate surface area is 106 Å². The lowest BCUT2D eigenvalue weighted by atomic mass is 10.1. The number of nitrogens with zero attached hydrogens (tertiary/aromatic N) is 1. The minimum Gasteiger partial charge on any atom is -0.328 e. The van der Waals surface area contributed by atoms with Crippen molar-refractivity contribution in [2.75, 3.05) is 5.32 Å². The number of amides is 1. The van der Waals surface area contributed by atoms with Gasteiger partial charge in [0, 0.05) is 12.5 Å². The molecule has 18 heavy (non-hydrogen) atoms. The average Bonchev–Trinajstić information content (AvgIpc) is 2.31. The van der Waals surface area contributed by atoms with Crippen LogP contribution in [0.4, 0.5) is 10.1 Å². The molecule has 0 spiro atoms. The van der Waals surface area contributed by atoms with E-state index in [1.165, 1.54) is 12.1 Å². The fourth-order valence-corrected chi connectivity index (χ4v) is 1.52. The van der Waals surface area contributed by atoms with E-state index in [4.69, 9.17) is 11.0 Å². The van der Waals surface area contributed by atoms with Crippen molar-refractivity contribution in [1.82, 2.24) is 0 Å². The van der Waals surface area contributed by atoms with Gasteiger partial charge in [0.15, 0.2) is 0 Å². The fraction of sp³-hybridized carbons (Fsp3) is 0.385. The second-order valence-corrected chi connectivity index (χ2v) is 4.22. The van der Waals surface area contributed by atoms with E-state index in [9.17, 15) is 9.18 Å². The van der Waals surface area contributed by atoms with Crippen LogP contribution in [0, 0.1) is 17.1 Å². The van der Waals surface area contributed by atoms with Crippen molar-refractivity contribution in [1.29, 1.82) is 5.26 Å². The van der Waals surface area contributed by atoms with Crippen LogP contribution in [-0.2, 0) is 4.79 Å². The van der Waals surface area contributed by atoms with Gasteiger partial charge < -0.3 is 11.1 Å². The van der Waals surface area contributed by atoms with Gasteiger partial charge in [-0.15, -0.1) is 0 Å². The predicted molar refractivity (Wildman–Crippen MR) is 67.2 cm³/mol. The smallest absolute Gasteiger partial charge is 0.224 e. The Morgan fingerprint density at radius 1 is 1.61 bits per heavy atom. The van der Waals surface area contributed by atoms with Crippen molar-refractivity contribution >= 4 is 11.6 Å². The summed E-state index contributed by atoms with van der Waals surface area (Å²) in [4.78, 5) is 11.6. The first-order chi connectivity index (χ1) is 8.52. The van der Waals surface area contributed by atoms with E-state index in [1.807, 2.05) is 13.0 Å². The maximum Gasteiger partial charge on any atom is 0.224 e. The molecular weight excluding hydrogens is 233 g/mol. The van der Waals surface area contributed by atoms with Crippen LogP contribution in [0.15, 0.2) is 18.2 Å². The minimum atomic E-state index is -0.499. The number of halogens is 1. The van der Waals surface area contributed by atoms with Crippen molar-refractivity contribution in [2.24, 2.45) is 5.73 Å². The molecule has 1 aromatic rings. The number of hydrogen-bond donors (Lipinski definition) is 2. The van der Waals surface area contributed by atoms with E-state index in [1.54, 1.807) is 0 Å². The average molecular weight is 249 g/mol. The van der Waals surface area contributed by atoms with Crippen LogP contribution in [-0.4, -0.2) is 11.9 Å². The normalized spacial score (nSPS) is 11.7. The zero-order valence-electron chi connectivity index (χ0n) is 10.2. The maximum absolute atomic E-state index is 12.9. The summed E-state index contributed by atoms with van der Waals surface area (Å²) in [6.07, 6.45) is 1.79. The van der Waals surface area contributed by atoms with Crippen LogP contribution in [0.25, 0.3) is 0 Å². The number of carbonyl (C=O) groups is 1. The monoisotopic (exact) mass is 249 g/mol. The van der Waals surface area contributed by atoms with Gasteiger partial charge >= 0.3 is 0 Å². The molecule has 1 aromatic carbocycles. The third kappa shape index (κ3) is 4.52. The zero-order valence-corrected chi connectivity index (χ0v) is 10.2. The van der Waals surface area contributed by atoms with Crippen LogP contribution < -0.4 is 11.1 Å². The quantitative estimate of drug-likeness (QED) is 0.839. The largest absolute Gasteiger partial charge is 0.328 e. The van der Waals surface area contributed by atoms with E-state index in [0.29, 0.717) is 18.5 Å². The standard InChI is InChI=1S/C13H16FN3O/c1-9(16)3-2-4-13(18)17-12-6-5-11(14)7-10(12)8-15/h5-7,9H,2-4,16H2,1H3,(H,17,18). The first-order valence-corrected chi connectivity index (χ1v) is 5.78. The molecule has 4 nitrogen and oxygen atoms in total. The number of carbonyl (C=O) groups excluding carboxylic acids is 1.